The van der Waals surface area contributed by atoms with E-state index in [-0.39, 0.29) is 16.3 Å². The lowest BCUT2D eigenvalue weighted by molar-refractivity contribution is -0.385. The summed E-state index contributed by atoms with van der Waals surface area (Å²) >= 11 is 0. The zero-order valence-corrected chi connectivity index (χ0v) is 19.2. The molecular formula is C25H19N3O6S. The van der Waals surface area contributed by atoms with Gasteiger partial charge in [-0.3, -0.25) is 14.9 Å². The number of carbonyl (C=O) groups is 1. The molecule has 0 unspecified atom stereocenters. The number of nitrogens with zero attached hydrogens (tertiary/aromatic N) is 2. The Morgan fingerprint density at radius 2 is 1.74 bits per heavy atom. The van der Waals surface area contributed by atoms with E-state index in [1.54, 1.807) is 42.5 Å². The number of hydrogen-bond donors (Lipinski definition) is 1. The van der Waals surface area contributed by atoms with Crippen LogP contribution in [0.2, 0.25) is 0 Å². The second-order valence-corrected chi connectivity index (χ2v) is 9.10. The molecule has 0 saturated carbocycles. The van der Waals surface area contributed by atoms with Crippen LogP contribution in [0.3, 0.4) is 0 Å². The molecule has 0 fully saturated rings. The van der Waals surface area contributed by atoms with Crippen molar-refractivity contribution in [3.8, 4) is 5.75 Å². The van der Waals surface area contributed by atoms with Crippen LogP contribution in [0.25, 0.3) is 10.8 Å². The molecule has 1 N–H and O–H groups in total. The molecule has 0 aliphatic heterocycles. The van der Waals surface area contributed by atoms with Gasteiger partial charge in [0, 0.05) is 23.3 Å². The lowest BCUT2D eigenvalue weighted by atomic mass is 10.0. The van der Waals surface area contributed by atoms with Gasteiger partial charge in [0.2, 0.25) is 0 Å². The molecule has 9 nitrogen and oxygen atoms in total. The molecule has 4 rings (SSSR count). The fourth-order valence-corrected chi connectivity index (χ4v) is 4.31. The molecular weight excluding hydrogens is 470 g/mol. The molecule has 0 aromatic heterocycles. The third-order valence-electron chi connectivity index (χ3n) is 5.12. The molecule has 35 heavy (non-hydrogen) atoms. The average Bonchev–Trinajstić information content (AvgIpc) is 2.85. The van der Waals surface area contributed by atoms with E-state index in [0.29, 0.717) is 16.5 Å². The fraction of sp³-hybridized carbons (Fsp3) is 0.0400. The van der Waals surface area contributed by atoms with Crippen LogP contribution in [0.4, 0.5) is 5.69 Å². The van der Waals surface area contributed by atoms with E-state index in [9.17, 15) is 23.3 Å². The zero-order valence-electron chi connectivity index (χ0n) is 18.4. The minimum atomic E-state index is -4.40. The number of hydrazone groups is 1. The van der Waals surface area contributed by atoms with Crippen LogP contribution in [-0.2, 0) is 10.1 Å². The standard InChI is InChI=1S/C25H19N3O6S/c1-17-9-11-19(12-10-17)25(29)27-26-16-23-22-8-3-2-5-18(22)13-14-24(23)34-35(32,33)21-7-4-6-20(15-21)28(30)31/h2-16H,1H3,(H,27,29)/b26-16+. The monoisotopic (exact) mass is 489 g/mol. The normalized spacial score (nSPS) is 11.5. The SMILES string of the molecule is Cc1ccc(C(=O)N/N=C/c2c(OS(=O)(=O)c3cccc([N+](=O)[O-])c3)ccc3ccccc23)cc1. The summed E-state index contributed by atoms with van der Waals surface area (Å²) in [6.45, 7) is 1.91. The van der Waals surface area contributed by atoms with Crippen LogP contribution in [0.1, 0.15) is 21.5 Å². The number of nitro groups is 1. The van der Waals surface area contributed by atoms with Gasteiger partial charge in [0.1, 0.15) is 4.90 Å². The van der Waals surface area contributed by atoms with Crippen molar-refractivity contribution >= 4 is 38.7 Å². The third kappa shape index (κ3) is 5.33. The zero-order chi connectivity index (χ0) is 25.0. The van der Waals surface area contributed by atoms with Crippen molar-refractivity contribution in [2.75, 3.05) is 0 Å². The molecule has 176 valence electrons. The van der Waals surface area contributed by atoms with E-state index in [0.717, 1.165) is 17.0 Å². The summed E-state index contributed by atoms with van der Waals surface area (Å²) in [6.07, 6.45) is 1.30. The first kappa shape index (κ1) is 23.6. The molecule has 0 aliphatic carbocycles. The molecule has 0 heterocycles. The highest BCUT2D eigenvalue weighted by Crippen LogP contribution is 2.30. The van der Waals surface area contributed by atoms with Gasteiger partial charge >= 0.3 is 10.1 Å². The first-order chi connectivity index (χ1) is 16.7. The number of aryl methyl sites for hydroxylation is 1. The Morgan fingerprint density at radius 1 is 1.00 bits per heavy atom. The third-order valence-corrected chi connectivity index (χ3v) is 6.35. The van der Waals surface area contributed by atoms with Gasteiger partial charge in [0.05, 0.1) is 11.1 Å². The Balaban J connectivity index is 1.68. The van der Waals surface area contributed by atoms with Gasteiger partial charge in [-0.05, 0) is 42.0 Å². The predicted molar refractivity (Wildman–Crippen MR) is 131 cm³/mol. The van der Waals surface area contributed by atoms with Crippen molar-refractivity contribution in [3.05, 3.63) is 112 Å². The van der Waals surface area contributed by atoms with Gasteiger partial charge in [-0.1, -0.05) is 54.1 Å². The molecule has 0 aliphatic rings. The number of nitrogens with one attached hydrogen (secondary N) is 1. The molecule has 10 heteroatoms. The van der Waals surface area contributed by atoms with Crippen molar-refractivity contribution in [1.82, 2.24) is 5.43 Å². The van der Waals surface area contributed by atoms with E-state index in [2.05, 4.69) is 10.5 Å². The second-order valence-electron chi connectivity index (χ2n) is 7.56. The maximum absolute atomic E-state index is 12.9. The lowest BCUT2D eigenvalue weighted by Crippen LogP contribution is -2.17. The quantitative estimate of drug-likeness (QED) is 0.175. The summed E-state index contributed by atoms with van der Waals surface area (Å²) in [5.74, 6) is -0.489. The molecule has 0 saturated heterocycles. The number of hydrogen-bond acceptors (Lipinski definition) is 7. The second kappa shape index (κ2) is 9.74. The van der Waals surface area contributed by atoms with Crippen molar-refractivity contribution in [1.29, 1.82) is 0 Å². The van der Waals surface area contributed by atoms with E-state index in [1.165, 1.54) is 30.5 Å². The van der Waals surface area contributed by atoms with Crippen molar-refractivity contribution < 1.29 is 22.3 Å². The maximum Gasteiger partial charge on any atom is 0.339 e. The highest BCUT2D eigenvalue weighted by atomic mass is 32.2. The molecule has 0 spiro atoms. The molecule has 0 atom stereocenters. The maximum atomic E-state index is 12.9. The van der Waals surface area contributed by atoms with E-state index in [4.69, 9.17) is 4.18 Å². The van der Waals surface area contributed by atoms with Crippen LogP contribution < -0.4 is 9.61 Å². The number of fused-ring (bicyclic) bond motifs is 1. The smallest absolute Gasteiger partial charge is 0.339 e. The van der Waals surface area contributed by atoms with Crippen LogP contribution in [-0.4, -0.2) is 25.5 Å². The van der Waals surface area contributed by atoms with Gasteiger partial charge in [0.25, 0.3) is 11.6 Å². The summed E-state index contributed by atoms with van der Waals surface area (Å²) in [6, 6.07) is 21.8. The molecule has 4 aromatic rings. The summed E-state index contributed by atoms with van der Waals surface area (Å²) in [5.41, 5.74) is 3.77. The number of nitro benzene ring substituents is 1. The minimum Gasteiger partial charge on any atom is -0.378 e. The highest BCUT2D eigenvalue weighted by Gasteiger charge is 2.22. The molecule has 1 amide bonds. The summed E-state index contributed by atoms with van der Waals surface area (Å²) in [7, 11) is -4.40. The van der Waals surface area contributed by atoms with Crippen LogP contribution >= 0.6 is 0 Å². The Kier molecular flexibility index (Phi) is 6.56. The lowest BCUT2D eigenvalue weighted by Gasteiger charge is -2.12. The van der Waals surface area contributed by atoms with Gasteiger partial charge in [-0.15, -0.1) is 0 Å². The van der Waals surface area contributed by atoms with Gasteiger partial charge in [0.15, 0.2) is 5.75 Å². The number of carbonyl (C=O) groups excluding carboxylic acids is 1. The van der Waals surface area contributed by atoms with Crippen molar-refractivity contribution in [2.45, 2.75) is 11.8 Å². The van der Waals surface area contributed by atoms with Crippen LogP contribution in [0.5, 0.6) is 5.75 Å². The first-order valence-electron chi connectivity index (χ1n) is 10.4. The van der Waals surface area contributed by atoms with E-state index >= 15 is 0 Å². The summed E-state index contributed by atoms with van der Waals surface area (Å²) in [5, 5.41) is 16.5. The Bertz CT molecular complexity index is 1560. The minimum absolute atomic E-state index is 0.0523. The van der Waals surface area contributed by atoms with E-state index < -0.39 is 20.9 Å². The number of rotatable bonds is 7. The van der Waals surface area contributed by atoms with Gasteiger partial charge in [-0.25, -0.2) is 5.43 Å². The van der Waals surface area contributed by atoms with Crippen molar-refractivity contribution in [3.63, 3.8) is 0 Å². The molecule has 0 radical (unpaired) electrons. The Hall–Kier alpha value is -4.57. The first-order valence-corrected chi connectivity index (χ1v) is 11.8. The molecule has 0 bridgehead atoms. The Labute approximate surface area is 200 Å². The molecule has 4 aromatic carbocycles. The predicted octanol–water partition coefficient (Wildman–Crippen LogP) is 4.59. The summed E-state index contributed by atoms with van der Waals surface area (Å²) in [4.78, 5) is 22.4. The largest absolute Gasteiger partial charge is 0.378 e. The Morgan fingerprint density at radius 3 is 2.49 bits per heavy atom. The van der Waals surface area contributed by atoms with Crippen LogP contribution in [0.15, 0.2) is 94.9 Å². The number of benzene rings is 4. The topological polar surface area (TPSA) is 128 Å². The van der Waals surface area contributed by atoms with Gasteiger partial charge < -0.3 is 4.18 Å². The van der Waals surface area contributed by atoms with E-state index in [1.807, 2.05) is 19.1 Å². The number of non-ortho nitro benzene ring substituents is 1. The highest BCUT2D eigenvalue weighted by molar-refractivity contribution is 7.87. The number of amides is 1. The fourth-order valence-electron chi connectivity index (χ4n) is 3.33. The summed E-state index contributed by atoms with van der Waals surface area (Å²) < 4.78 is 31.2. The average molecular weight is 490 g/mol. The van der Waals surface area contributed by atoms with Gasteiger partial charge in [-0.2, -0.15) is 13.5 Å². The van der Waals surface area contributed by atoms with Crippen molar-refractivity contribution in [2.24, 2.45) is 5.10 Å². The van der Waals surface area contributed by atoms with Crippen LogP contribution in [0, 0.1) is 17.0 Å².